The number of unbranched alkanes of at least 4 members (excludes halogenated alkanes) is 7. The van der Waals surface area contributed by atoms with Gasteiger partial charge in [0.15, 0.2) is 0 Å². The molecule has 0 fully saturated rings. The first-order chi connectivity index (χ1) is 17.0. The van der Waals surface area contributed by atoms with E-state index in [9.17, 15) is 9.59 Å². The van der Waals surface area contributed by atoms with E-state index < -0.39 is 11.9 Å². The van der Waals surface area contributed by atoms with Gasteiger partial charge in [0, 0.05) is 6.61 Å². The Balaban J connectivity index is 1.71. The lowest BCUT2D eigenvalue weighted by Crippen LogP contribution is -2.20. The van der Waals surface area contributed by atoms with Crippen molar-refractivity contribution in [3.05, 3.63) is 59.7 Å². The summed E-state index contributed by atoms with van der Waals surface area (Å²) in [5, 5.41) is 0. The minimum Gasteiger partial charge on any atom is -0.494 e. The van der Waals surface area contributed by atoms with Gasteiger partial charge in [-0.1, -0.05) is 51.9 Å². The molecule has 0 saturated heterocycles. The van der Waals surface area contributed by atoms with Gasteiger partial charge in [0.05, 0.1) is 24.3 Å². The molecule has 0 heterocycles. The first-order valence-electron chi connectivity index (χ1n) is 12.9. The van der Waals surface area contributed by atoms with Crippen LogP contribution in [0.25, 0.3) is 0 Å². The molecule has 1 atom stereocenters. The normalized spacial score (nSPS) is 11.6. The molecule has 0 spiro atoms. The Kier molecular flexibility index (Phi) is 13.6. The molecule has 0 bridgehead atoms. The largest absolute Gasteiger partial charge is 0.494 e. The molecule has 2 rings (SSSR count). The molecule has 0 N–H and O–H groups in total. The fourth-order valence-electron chi connectivity index (χ4n) is 3.51. The van der Waals surface area contributed by atoms with Crippen molar-refractivity contribution in [1.82, 2.24) is 0 Å². The average Bonchev–Trinajstić information content (AvgIpc) is 2.87. The molecule has 0 saturated carbocycles. The summed E-state index contributed by atoms with van der Waals surface area (Å²) in [6.07, 6.45) is 9.73. The Morgan fingerprint density at radius 1 is 0.714 bits per heavy atom. The molecule has 0 unspecified atom stereocenters. The van der Waals surface area contributed by atoms with Gasteiger partial charge in [-0.2, -0.15) is 0 Å². The van der Waals surface area contributed by atoms with Gasteiger partial charge < -0.3 is 18.9 Å². The second kappa shape index (κ2) is 16.7. The topological polar surface area (TPSA) is 71.1 Å². The van der Waals surface area contributed by atoms with Crippen LogP contribution in [-0.2, 0) is 9.47 Å². The maximum Gasteiger partial charge on any atom is 0.343 e. The molecule has 0 radical (unpaired) electrons. The van der Waals surface area contributed by atoms with Crippen LogP contribution in [0, 0.1) is 0 Å². The van der Waals surface area contributed by atoms with Gasteiger partial charge in [0.1, 0.15) is 17.6 Å². The van der Waals surface area contributed by atoms with Crippen LogP contribution in [0.3, 0.4) is 0 Å². The molecule has 0 aliphatic rings. The lowest BCUT2D eigenvalue weighted by molar-refractivity contribution is 0.00439. The number of hydrogen-bond acceptors (Lipinski definition) is 6. The highest BCUT2D eigenvalue weighted by molar-refractivity contribution is 5.92. The van der Waals surface area contributed by atoms with Gasteiger partial charge in [-0.05, 0) is 68.8 Å². The predicted molar refractivity (Wildman–Crippen MR) is 137 cm³/mol. The van der Waals surface area contributed by atoms with Gasteiger partial charge in [0.2, 0.25) is 0 Å². The van der Waals surface area contributed by atoms with Gasteiger partial charge in [-0.25, -0.2) is 9.59 Å². The maximum atomic E-state index is 12.4. The summed E-state index contributed by atoms with van der Waals surface area (Å²) in [4.78, 5) is 24.6. The molecule has 0 aliphatic heterocycles. The van der Waals surface area contributed by atoms with Crippen LogP contribution < -0.4 is 9.47 Å². The van der Waals surface area contributed by atoms with E-state index in [2.05, 4.69) is 6.92 Å². The summed E-state index contributed by atoms with van der Waals surface area (Å²) in [5.74, 6) is 0.174. The molecular formula is C29H40O6. The van der Waals surface area contributed by atoms with Gasteiger partial charge in [-0.15, -0.1) is 0 Å². The second-order valence-electron chi connectivity index (χ2n) is 8.64. The molecule has 2 aromatic carbocycles. The van der Waals surface area contributed by atoms with Crippen LogP contribution in [0.1, 0.15) is 92.9 Å². The van der Waals surface area contributed by atoms with Crippen LogP contribution in [0.15, 0.2) is 48.5 Å². The number of ether oxygens (including phenoxy) is 4. The van der Waals surface area contributed by atoms with Crippen molar-refractivity contribution >= 4 is 11.9 Å². The van der Waals surface area contributed by atoms with E-state index in [0.29, 0.717) is 36.7 Å². The van der Waals surface area contributed by atoms with Crippen molar-refractivity contribution in [1.29, 1.82) is 0 Å². The fourth-order valence-corrected chi connectivity index (χ4v) is 3.51. The lowest BCUT2D eigenvalue weighted by Gasteiger charge is -2.13. The molecular weight excluding hydrogens is 444 g/mol. The number of hydrogen-bond donors (Lipinski definition) is 0. The van der Waals surface area contributed by atoms with E-state index in [-0.39, 0.29) is 6.10 Å². The number of benzene rings is 2. The Labute approximate surface area is 209 Å². The van der Waals surface area contributed by atoms with E-state index >= 15 is 0 Å². The smallest absolute Gasteiger partial charge is 0.343 e. The number of rotatable bonds is 17. The van der Waals surface area contributed by atoms with Gasteiger partial charge in [0.25, 0.3) is 0 Å². The molecule has 35 heavy (non-hydrogen) atoms. The van der Waals surface area contributed by atoms with Gasteiger partial charge >= 0.3 is 11.9 Å². The number of esters is 2. The minimum absolute atomic E-state index is 0.341. The van der Waals surface area contributed by atoms with Crippen LogP contribution >= 0.6 is 0 Å². The Morgan fingerprint density at radius 3 is 1.86 bits per heavy atom. The first kappa shape index (κ1) is 28.4. The highest BCUT2D eigenvalue weighted by Gasteiger charge is 2.14. The van der Waals surface area contributed by atoms with Crippen molar-refractivity contribution in [2.75, 3.05) is 19.8 Å². The van der Waals surface area contributed by atoms with Crippen molar-refractivity contribution < 1.29 is 28.5 Å². The standard InChI is InChI=1S/C29H40O6/c1-4-6-7-8-9-10-11-12-21-33-26-17-13-25(14-18-26)29(31)35-27-19-15-24(16-20-27)28(30)34-23(3)22-32-5-2/h13-20,23H,4-12,21-22H2,1-3H3/t23-/m0/s1. The minimum atomic E-state index is -0.472. The van der Waals surface area contributed by atoms with Crippen LogP contribution in [0.2, 0.25) is 0 Å². The van der Waals surface area contributed by atoms with Crippen molar-refractivity contribution in [2.24, 2.45) is 0 Å². The molecule has 6 heteroatoms. The lowest BCUT2D eigenvalue weighted by atomic mass is 10.1. The van der Waals surface area contributed by atoms with Gasteiger partial charge in [-0.3, -0.25) is 0 Å². The van der Waals surface area contributed by atoms with Crippen LogP contribution in [0.4, 0.5) is 0 Å². The maximum absolute atomic E-state index is 12.4. The third-order valence-corrected chi connectivity index (χ3v) is 5.52. The third kappa shape index (κ3) is 11.4. The summed E-state index contributed by atoms with van der Waals surface area (Å²) in [6.45, 7) is 7.49. The Hall–Kier alpha value is -2.86. The zero-order chi connectivity index (χ0) is 25.3. The van der Waals surface area contributed by atoms with Crippen LogP contribution in [0.5, 0.6) is 11.5 Å². The first-order valence-corrected chi connectivity index (χ1v) is 12.9. The second-order valence-corrected chi connectivity index (χ2v) is 8.64. The van der Waals surface area contributed by atoms with E-state index in [1.54, 1.807) is 55.5 Å². The predicted octanol–water partition coefficient (Wildman–Crippen LogP) is 7.01. The highest BCUT2D eigenvalue weighted by Crippen LogP contribution is 2.18. The van der Waals surface area contributed by atoms with E-state index in [4.69, 9.17) is 18.9 Å². The Bertz CT molecular complexity index is 860. The van der Waals surface area contributed by atoms with E-state index in [1.165, 1.54) is 44.9 Å². The van der Waals surface area contributed by atoms with Crippen molar-refractivity contribution in [2.45, 2.75) is 78.2 Å². The van der Waals surface area contributed by atoms with Crippen molar-refractivity contribution in [3.63, 3.8) is 0 Å². The summed E-state index contributed by atoms with van der Waals surface area (Å²) in [7, 11) is 0. The summed E-state index contributed by atoms with van der Waals surface area (Å²) < 4.78 is 21.8. The summed E-state index contributed by atoms with van der Waals surface area (Å²) in [6, 6.07) is 13.2. The van der Waals surface area contributed by atoms with Crippen molar-refractivity contribution in [3.8, 4) is 11.5 Å². The van der Waals surface area contributed by atoms with E-state index in [1.807, 2.05) is 6.92 Å². The van der Waals surface area contributed by atoms with E-state index in [0.717, 1.165) is 12.2 Å². The molecule has 2 aromatic rings. The fraction of sp³-hybridized carbons (Fsp3) is 0.517. The molecule has 0 aliphatic carbocycles. The molecule has 6 nitrogen and oxygen atoms in total. The van der Waals surface area contributed by atoms with Crippen LogP contribution in [-0.4, -0.2) is 37.9 Å². The SMILES string of the molecule is CCCCCCCCCCOc1ccc(C(=O)Oc2ccc(C(=O)O[C@@H](C)COCC)cc2)cc1. The summed E-state index contributed by atoms with van der Waals surface area (Å²) in [5.41, 5.74) is 0.809. The molecule has 192 valence electrons. The number of carbonyl (C=O) groups is 2. The quantitative estimate of drug-likeness (QED) is 0.137. The third-order valence-electron chi connectivity index (χ3n) is 5.52. The monoisotopic (exact) mass is 484 g/mol. The average molecular weight is 485 g/mol. The highest BCUT2D eigenvalue weighted by atomic mass is 16.6. The Morgan fingerprint density at radius 2 is 1.26 bits per heavy atom. The number of carbonyl (C=O) groups excluding carboxylic acids is 2. The summed E-state index contributed by atoms with van der Waals surface area (Å²) >= 11 is 0. The molecule has 0 aromatic heterocycles. The zero-order valence-corrected chi connectivity index (χ0v) is 21.4. The molecule has 0 amide bonds. The zero-order valence-electron chi connectivity index (χ0n) is 21.4.